The van der Waals surface area contributed by atoms with Gasteiger partial charge in [0.05, 0.1) is 33.5 Å². The van der Waals surface area contributed by atoms with Crippen molar-refractivity contribution in [1.29, 1.82) is 0 Å². The summed E-state index contributed by atoms with van der Waals surface area (Å²) < 4.78 is 21.7. The number of halogens is 3. The van der Waals surface area contributed by atoms with Crippen LogP contribution in [0.25, 0.3) is 11.0 Å². The van der Waals surface area contributed by atoms with Crippen molar-refractivity contribution in [1.82, 2.24) is 9.55 Å². The maximum Gasteiger partial charge on any atom is 0.139 e. The molecule has 6 heteroatoms. The minimum atomic E-state index is -0.301. The number of ether oxygens (including phenoxy) is 1. The number of fused-ring (bicyclic) bond motifs is 1. The van der Waals surface area contributed by atoms with Crippen molar-refractivity contribution in [2.75, 3.05) is 13.7 Å². The van der Waals surface area contributed by atoms with Crippen molar-refractivity contribution in [3.8, 4) is 0 Å². The summed E-state index contributed by atoms with van der Waals surface area (Å²) in [5.41, 5.74) is 1.50. The minimum absolute atomic E-state index is 0.0989. The highest BCUT2D eigenvalue weighted by Crippen LogP contribution is 2.32. The fourth-order valence-corrected chi connectivity index (χ4v) is 3.07. The third kappa shape index (κ3) is 3.41. The molecule has 0 radical (unpaired) electrons. The van der Waals surface area contributed by atoms with Gasteiger partial charge in [-0.25, -0.2) is 9.37 Å². The Balaban J connectivity index is 2.66. The predicted molar refractivity (Wildman–Crippen MR) is 87.5 cm³/mol. The van der Waals surface area contributed by atoms with Crippen molar-refractivity contribution in [2.24, 2.45) is 0 Å². The van der Waals surface area contributed by atoms with E-state index in [1.54, 1.807) is 13.2 Å². The molecule has 0 aliphatic heterocycles. The lowest BCUT2D eigenvalue weighted by Crippen LogP contribution is -2.17. The van der Waals surface area contributed by atoms with E-state index in [0.29, 0.717) is 11.1 Å². The van der Waals surface area contributed by atoms with Gasteiger partial charge in [0.1, 0.15) is 11.6 Å². The van der Waals surface area contributed by atoms with E-state index in [1.807, 2.05) is 11.5 Å². The molecule has 3 nitrogen and oxygen atoms in total. The van der Waals surface area contributed by atoms with Crippen LogP contribution in [0.2, 0.25) is 0 Å². The Hall–Kier alpha value is -0.650. The van der Waals surface area contributed by atoms with Crippen LogP contribution in [0.1, 0.15) is 43.9 Å². The molecule has 1 heterocycles. The maximum atomic E-state index is 13.9. The second-order valence-corrected chi connectivity index (χ2v) is 6.62. The van der Waals surface area contributed by atoms with E-state index in [2.05, 4.69) is 27.8 Å². The van der Waals surface area contributed by atoms with E-state index in [4.69, 9.17) is 16.3 Å². The molecular formula is C15H19BrClFN2O. The molecule has 21 heavy (non-hydrogen) atoms. The van der Waals surface area contributed by atoms with Crippen LogP contribution >= 0.6 is 27.5 Å². The fraction of sp³-hybridized carbons (Fsp3) is 0.533. The number of hydrogen-bond acceptors (Lipinski definition) is 2. The summed E-state index contributed by atoms with van der Waals surface area (Å²) in [6.45, 7) is 4.54. The maximum absolute atomic E-state index is 13.9. The summed E-state index contributed by atoms with van der Waals surface area (Å²) in [6.07, 6.45) is 1.93. The highest BCUT2D eigenvalue weighted by atomic mass is 79.9. The number of nitrogens with zero attached hydrogens (tertiary/aromatic N) is 2. The van der Waals surface area contributed by atoms with Gasteiger partial charge in [0.15, 0.2) is 0 Å². The Morgan fingerprint density at radius 1 is 1.48 bits per heavy atom. The van der Waals surface area contributed by atoms with Crippen LogP contribution in [0.5, 0.6) is 0 Å². The number of aromatic nitrogens is 2. The van der Waals surface area contributed by atoms with Crippen LogP contribution < -0.4 is 0 Å². The van der Waals surface area contributed by atoms with E-state index < -0.39 is 0 Å². The Bertz CT molecular complexity index is 624. The van der Waals surface area contributed by atoms with Crippen molar-refractivity contribution < 1.29 is 9.13 Å². The SMILES string of the molecule is CCCC(COC)n1c(C(C)Cl)nc2cc(Br)c(F)cc21. The molecule has 0 amide bonds. The zero-order valence-corrected chi connectivity index (χ0v) is 14.7. The third-order valence-electron chi connectivity index (χ3n) is 3.46. The average molecular weight is 378 g/mol. The number of methoxy groups -OCH3 is 1. The Labute approximate surface area is 137 Å². The lowest BCUT2D eigenvalue weighted by Gasteiger charge is -2.21. The first kappa shape index (κ1) is 16.7. The van der Waals surface area contributed by atoms with Gasteiger partial charge < -0.3 is 9.30 Å². The number of benzene rings is 1. The van der Waals surface area contributed by atoms with Crippen LogP contribution in [0.3, 0.4) is 0 Å². The van der Waals surface area contributed by atoms with E-state index >= 15 is 0 Å². The average Bonchev–Trinajstić information content (AvgIpc) is 2.78. The summed E-state index contributed by atoms with van der Waals surface area (Å²) in [4.78, 5) is 4.58. The summed E-state index contributed by atoms with van der Waals surface area (Å²) in [5, 5.41) is -0.254. The minimum Gasteiger partial charge on any atom is -0.383 e. The van der Waals surface area contributed by atoms with Gasteiger partial charge >= 0.3 is 0 Å². The van der Waals surface area contributed by atoms with Crippen molar-refractivity contribution in [3.63, 3.8) is 0 Å². The Morgan fingerprint density at radius 3 is 2.76 bits per heavy atom. The number of hydrogen-bond donors (Lipinski definition) is 0. The first-order chi connectivity index (χ1) is 9.99. The molecule has 0 fully saturated rings. The standard InChI is InChI=1S/C15H19BrClFN2O/c1-4-5-10(8-21-3)20-14-7-12(18)11(16)6-13(14)19-15(20)9(2)17/h6-7,9-10H,4-5,8H2,1-3H3. The lowest BCUT2D eigenvalue weighted by atomic mass is 10.1. The molecule has 0 bridgehead atoms. The van der Waals surface area contributed by atoms with E-state index in [0.717, 1.165) is 29.7 Å². The number of rotatable bonds is 6. The van der Waals surface area contributed by atoms with Gasteiger partial charge in [-0.3, -0.25) is 0 Å². The fourth-order valence-electron chi connectivity index (χ4n) is 2.59. The first-order valence-electron chi connectivity index (χ1n) is 6.99. The smallest absolute Gasteiger partial charge is 0.139 e. The molecule has 0 aliphatic rings. The van der Waals surface area contributed by atoms with Crippen molar-refractivity contribution in [2.45, 2.75) is 38.1 Å². The van der Waals surface area contributed by atoms with Crippen LogP contribution in [-0.4, -0.2) is 23.3 Å². The largest absolute Gasteiger partial charge is 0.383 e. The topological polar surface area (TPSA) is 27.1 Å². The lowest BCUT2D eigenvalue weighted by molar-refractivity contribution is 0.150. The summed E-state index contributed by atoms with van der Waals surface area (Å²) in [6, 6.07) is 3.30. The predicted octanol–water partition coefficient (Wildman–Crippen LogP) is 5.23. The number of imidazole rings is 1. The molecule has 116 valence electrons. The van der Waals surface area contributed by atoms with Crippen LogP contribution in [-0.2, 0) is 4.74 Å². The molecule has 1 aromatic carbocycles. The normalized spacial score (nSPS) is 14.6. The first-order valence-corrected chi connectivity index (χ1v) is 8.22. The molecule has 2 aromatic rings. The summed E-state index contributed by atoms with van der Waals surface area (Å²) >= 11 is 9.48. The zero-order chi connectivity index (χ0) is 15.6. The second-order valence-electron chi connectivity index (χ2n) is 5.11. The molecule has 0 N–H and O–H groups in total. The van der Waals surface area contributed by atoms with Gasteiger partial charge in [-0.15, -0.1) is 11.6 Å². The monoisotopic (exact) mass is 376 g/mol. The van der Waals surface area contributed by atoms with Gasteiger partial charge in [0.2, 0.25) is 0 Å². The zero-order valence-electron chi connectivity index (χ0n) is 12.4. The van der Waals surface area contributed by atoms with Crippen molar-refractivity contribution in [3.05, 3.63) is 28.2 Å². The highest BCUT2D eigenvalue weighted by Gasteiger charge is 2.22. The van der Waals surface area contributed by atoms with Gasteiger partial charge in [0, 0.05) is 13.2 Å². The van der Waals surface area contributed by atoms with Gasteiger partial charge in [-0.2, -0.15) is 0 Å². The Morgan fingerprint density at radius 2 is 2.19 bits per heavy atom. The molecule has 2 rings (SSSR count). The highest BCUT2D eigenvalue weighted by molar-refractivity contribution is 9.10. The van der Waals surface area contributed by atoms with E-state index in [9.17, 15) is 4.39 Å². The molecule has 0 aliphatic carbocycles. The van der Waals surface area contributed by atoms with Gasteiger partial charge in [-0.1, -0.05) is 13.3 Å². The molecule has 1 aromatic heterocycles. The van der Waals surface area contributed by atoms with Crippen LogP contribution in [0.15, 0.2) is 16.6 Å². The molecule has 2 atom stereocenters. The molecular weight excluding hydrogens is 359 g/mol. The molecule has 0 spiro atoms. The second kappa shape index (κ2) is 7.07. The molecule has 0 saturated heterocycles. The number of alkyl halides is 1. The third-order valence-corrected chi connectivity index (χ3v) is 4.26. The quantitative estimate of drug-likeness (QED) is 0.645. The van der Waals surface area contributed by atoms with Gasteiger partial charge in [0.25, 0.3) is 0 Å². The van der Waals surface area contributed by atoms with Gasteiger partial charge in [-0.05, 0) is 35.3 Å². The summed E-state index contributed by atoms with van der Waals surface area (Å²) in [5.74, 6) is 0.449. The Kier molecular flexibility index (Phi) is 5.63. The van der Waals surface area contributed by atoms with Crippen LogP contribution in [0, 0.1) is 5.82 Å². The van der Waals surface area contributed by atoms with E-state index in [-0.39, 0.29) is 17.2 Å². The van der Waals surface area contributed by atoms with Crippen LogP contribution in [0.4, 0.5) is 4.39 Å². The molecule has 2 unspecified atom stereocenters. The van der Waals surface area contributed by atoms with E-state index in [1.165, 1.54) is 6.07 Å². The van der Waals surface area contributed by atoms with Crippen molar-refractivity contribution >= 4 is 38.6 Å². The summed E-state index contributed by atoms with van der Waals surface area (Å²) in [7, 11) is 1.67. The molecule has 0 saturated carbocycles.